The minimum Gasteiger partial charge on any atom is -0.482 e. The zero-order valence-corrected chi connectivity index (χ0v) is 24.7. The highest BCUT2D eigenvalue weighted by Gasteiger charge is 2.48. The van der Waals surface area contributed by atoms with Gasteiger partial charge in [-0.25, -0.2) is 0 Å². The summed E-state index contributed by atoms with van der Waals surface area (Å²) in [6, 6.07) is 14.6. The van der Waals surface area contributed by atoms with Crippen LogP contribution in [0.5, 0.6) is 5.75 Å². The Labute approximate surface area is 241 Å². The number of hydrogen-bond acceptors (Lipinski definition) is 5. The van der Waals surface area contributed by atoms with Crippen LogP contribution in [0.15, 0.2) is 71.1 Å². The van der Waals surface area contributed by atoms with Crippen LogP contribution in [0.1, 0.15) is 71.8 Å². The van der Waals surface area contributed by atoms with E-state index in [0.29, 0.717) is 35.8 Å². The maximum Gasteiger partial charge on any atom is 0.262 e. The molecule has 0 saturated heterocycles. The molecule has 0 aromatic heterocycles. The largest absolute Gasteiger partial charge is 0.482 e. The average Bonchev–Trinajstić information content (AvgIpc) is 2.86. The number of rotatable bonds is 6. The van der Waals surface area contributed by atoms with Gasteiger partial charge in [0, 0.05) is 53.5 Å². The van der Waals surface area contributed by atoms with Crippen LogP contribution in [-0.2, 0) is 14.4 Å². The summed E-state index contributed by atoms with van der Waals surface area (Å²) < 4.78 is 5.75. The number of ether oxygens (including phenoxy) is 1. The summed E-state index contributed by atoms with van der Waals surface area (Å²) in [6.45, 7) is 11.1. The highest BCUT2D eigenvalue weighted by atomic mass is 35.5. The summed E-state index contributed by atoms with van der Waals surface area (Å²) >= 11 is 6.69. The number of allylic oxidation sites excluding steroid dienone is 4. The summed E-state index contributed by atoms with van der Waals surface area (Å²) in [6.07, 6.45) is 2.42. The van der Waals surface area contributed by atoms with Crippen LogP contribution in [0.3, 0.4) is 0 Å². The van der Waals surface area contributed by atoms with Crippen molar-refractivity contribution in [2.75, 3.05) is 18.5 Å². The van der Waals surface area contributed by atoms with Crippen molar-refractivity contribution in [3.8, 4) is 5.75 Å². The Bertz CT molecular complexity index is 1380. The number of para-hydroxylation sites is 1. The van der Waals surface area contributed by atoms with Crippen molar-refractivity contribution in [1.29, 1.82) is 0 Å². The molecule has 0 spiro atoms. The number of nitrogens with zero attached hydrogens (tertiary/aromatic N) is 1. The number of amides is 1. The minimum absolute atomic E-state index is 0.0907. The maximum absolute atomic E-state index is 13.8. The van der Waals surface area contributed by atoms with Crippen LogP contribution in [0.25, 0.3) is 0 Å². The minimum atomic E-state index is -0.465. The molecule has 2 aromatic carbocycles. The molecule has 40 heavy (non-hydrogen) atoms. The first kappa shape index (κ1) is 28.2. The van der Waals surface area contributed by atoms with Gasteiger partial charge in [-0.15, -0.1) is 0 Å². The Kier molecular flexibility index (Phi) is 7.43. The first-order valence-corrected chi connectivity index (χ1v) is 14.3. The number of ketones is 2. The SMILES string of the molecule is CCN1C2=C(C(=O)CC(C)(C)C2)C(c2ccc(OCC(=O)Nc3ccccc3)c(Cl)c2)C2=C1CC(C)(C)CC2=O. The molecule has 210 valence electrons. The molecular weight excluding hydrogens is 524 g/mol. The number of nitrogens with one attached hydrogen (secondary N) is 1. The van der Waals surface area contributed by atoms with Crippen LogP contribution in [-0.4, -0.2) is 35.5 Å². The number of halogens is 1. The molecular formula is C33H37ClN2O4. The van der Waals surface area contributed by atoms with Crippen molar-refractivity contribution in [3.63, 3.8) is 0 Å². The molecule has 3 aliphatic rings. The normalized spacial score (nSPS) is 20.3. The molecule has 6 nitrogen and oxygen atoms in total. The predicted octanol–water partition coefficient (Wildman–Crippen LogP) is 7.06. The maximum atomic E-state index is 13.8. The van der Waals surface area contributed by atoms with E-state index in [-0.39, 0.29) is 34.9 Å². The molecule has 1 aliphatic heterocycles. The van der Waals surface area contributed by atoms with Crippen LogP contribution in [0.2, 0.25) is 5.02 Å². The van der Waals surface area contributed by atoms with E-state index >= 15 is 0 Å². The first-order chi connectivity index (χ1) is 18.9. The first-order valence-electron chi connectivity index (χ1n) is 14.0. The standard InChI is InChI=1S/C33H37ClN2O4/c1-6-36-23-15-32(2,3)17-25(37)30(23)29(31-24(36)16-33(4,5)18-26(31)38)20-12-13-27(22(34)14-20)40-19-28(39)35-21-10-8-7-9-11-21/h7-14,29H,6,15-19H2,1-5H3,(H,35,39). The van der Waals surface area contributed by atoms with E-state index in [1.165, 1.54) is 0 Å². The van der Waals surface area contributed by atoms with Crippen molar-refractivity contribution in [2.45, 2.75) is 66.2 Å². The van der Waals surface area contributed by atoms with Gasteiger partial charge in [-0.05, 0) is 60.4 Å². The second-order valence-electron chi connectivity index (χ2n) is 12.7. The predicted molar refractivity (Wildman–Crippen MR) is 157 cm³/mol. The summed E-state index contributed by atoms with van der Waals surface area (Å²) in [5.41, 5.74) is 4.68. The van der Waals surface area contributed by atoms with E-state index in [1.807, 2.05) is 24.3 Å². The molecule has 0 unspecified atom stereocenters. The topological polar surface area (TPSA) is 75.7 Å². The number of carbonyl (C=O) groups excluding carboxylic acids is 3. The van der Waals surface area contributed by atoms with Gasteiger partial charge < -0.3 is 15.0 Å². The van der Waals surface area contributed by atoms with Gasteiger partial charge >= 0.3 is 0 Å². The van der Waals surface area contributed by atoms with E-state index in [1.54, 1.807) is 24.3 Å². The summed E-state index contributed by atoms with van der Waals surface area (Å²) in [5.74, 6) is -0.210. The zero-order valence-electron chi connectivity index (χ0n) is 23.9. The van der Waals surface area contributed by atoms with Gasteiger partial charge in [-0.3, -0.25) is 14.4 Å². The van der Waals surface area contributed by atoms with Crippen molar-refractivity contribution >= 4 is 34.8 Å². The van der Waals surface area contributed by atoms with Crippen LogP contribution >= 0.6 is 11.6 Å². The Morgan fingerprint density at radius 3 is 2.02 bits per heavy atom. The fourth-order valence-corrected chi connectivity index (χ4v) is 6.68. The summed E-state index contributed by atoms with van der Waals surface area (Å²) in [4.78, 5) is 42.1. The zero-order chi connectivity index (χ0) is 28.8. The van der Waals surface area contributed by atoms with Gasteiger partial charge in [0.15, 0.2) is 18.2 Å². The van der Waals surface area contributed by atoms with Crippen LogP contribution in [0.4, 0.5) is 5.69 Å². The molecule has 0 saturated carbocycles. The number of anilines is 1. The molecule has 2 aromatic rings. The highest BCUT2D eigenvalue weighted by molar-refractivity contribution is 6.32. The third-order valence-electron chi connectivity index (χ3n) is 8.04. The van der Waals surface area contributed by atoms with Gasteiger partial charge in [0.25, 0.3) is 5.91 Å². The number of hydrogen-bond donors (Lipinski definition) is 1. The Morgan fingerprint density at radius 1 is 0.925 bits per heavy atom. The van der Waals surface area contributed by atoms with E-state index in [0.717, 1.165) is 40.9 Å². The van der Waals surface area contributed by atoms with E-state index < -0.39 is 5.92 Å². The average molecular weight is 561 g/mol. The van der Waals surface area contributed by atoms with Gasteiger partial charge in [0.2, 0.25) is 0 Å². The van der Waals surface area contributed by atoms with Crippen molar-refractivity contribution in [1.82, 2.24) is 4.90 Å². The number of carbonyl (C=O) groups is 3. The second-order valence-corrected chi connectivity index (χ2v) is 13.1. The molecule has 0 bridgehead atoms. The molecule has 7 heteroatoms. The van der Waals surface area contributed by atoms with Crippen molar-refractivity contribution in [3.05, 3.63) is 81.7 Å². The van der Waals surface area contributed by atoms with E-state index in [4.69, 9.17) is 16.3 Å². The molecule has 1 N–H and O–H groups in total. The van der Waals surface area contributed by atoms with Gasteiger partial charge in [0.1, 0.15) is 5.75 Å². The van der Waals surface area contributed by atoms with Gasteiger partial charge in [-0.1, -0.05) is 63.6 Å². The lowest BCUT2D eigenvalue weighted by Gasteiger charge is -2.48. The lowest BCUT2D eigenvalue weighted by atomic mass is 9.63. The van der Waals surface area contributed by atoms with Crippen LogP contribution in [0, 0.1) is 10.8 Å². The summed E-state index contributed by atoms with van der Waals surface area (Å²) in [5, 5.41) is 3.12. The molecule has 0 fully saturated rings. The number of Topliss-reactive ketones (excluding diaryl/α,β-unsaturated/α-hetero) is 2. The van der Waals surface area contributed by atoms with Gasteiger partial charge in [0.05, 0.1) is 5.02 Å². The quantitative estimate of drug-likeness (QED) is 0.409. The number of benzene rings is 2. The third kappa shape index (κ3) is 5.46. The highest BCUT2D eigenvalue weighted by Crippen LogP contribution is 2.54. The van der Waals surface area contributed by atoms with Crippen molar-refractivity contribution < 1.29 is 19.1 Å². The molecule has 0 atom stereocenters. The fraction of sp³-hybridized carbons (Fsp3) is 0.424. The fourth-order valence-electron chi connectivity index (χ4n) is 6.44. The molecule has 1 heterocycles. The summed E-state index contributed by atoms with van der Waals surface area (Å²) in [7, 11) is 0. The Balaban J connectivity index is 1.50. The van der Waals surface area contributed by atoms with E-state index in [9.17, 15) is 14.4 Å². The Hall–Kier alpha value is -3.38. The lowest BCUT2D eigenvalue weighted by Crippen LogP contribution is -2.44. The monoisotopic (exact) mass is 560 g/mol. The lowest BCUT2D eigenvalue weighted by molar-refractivity contribution is -0.120. The molecule has 5 rings (SSSR count). The molecule has 2 aliphatic carbocycles. The smallest absolute Gasteiger partial charge is 0.262 e. The Morgan fingerprint density at radius 2 is 1.50 bits per heavy atom. The molecule has 0 radical (unpaired) electrons. The van der Waals surface area contributed by atoms with Gasteiger partial charge in [-0.2, -0.15) is 0 Å². The second kappa shape index (κ2) is 10.5. The van der Waals surface area contributed by atoms with Crippen molar-refractivity contribution in [2.24, 2.45) is 10.8 Å². The van der Waals surface area contributed by atoms with Crippen LogP contribution < -0.4 is 10.1 Å². The third-order valence-corrected chi connectivity index (χ3v) is 8.34. The molecule has 1 amide bonds. The van der Waals surface area contributed by atoms with E-state index in [2.05, 4.69) is 44.8 Å².